The summed E-state index contributed by atoms with van der Waals surface area (Å²) in [6, 6.07) is 20.6. The molecule has 0 aliphatic carbocycles. The Balaban J connectivity index is 1.77. The Labute approximate surface area is 124 Å². The first-order chi connectivity index (χ1) is 10.3. The van der Waals surface area contributed by atoms with Crippen molar-refractivity contribution in [2.75, 3.05) is 11.4 Å². The summed E-state index contributed by atoms with van der Waals surface area (Å²) in [4.78, 5) is 2.36. The van der Waals surface area contributed by atoms with Gasteiger partial charge in [0.15, 0.2) is 0 Å². The van der Waals surface area contributed by atoms with Gasteiger partial charge in [-0.3, -0.25) is 0 Å². The van der Waals surface area contributed by atoms with Crippen LogP contribution in [-0.4, -0.2) is 11.7 Å². The van der Waals surface area contributed by atoms with E-state index >= 15 is 0 Å². The Morgan fingerprint density at radius 3 is 2.67 bits per heavy atom. The van der Waals surface area contributed by atoms with Gasteiger partial charge >= 0.3 is 0 Å². The minimum Gasteiger partial charge on any atom is -0.508 e. The lowest BCUT2D eigenvalue weighted by atomic mass is 10.0. The molecule has 21 heavy (non-hydrogen) atoms. The van der Waals surface area contributed by atoms with E-state index in [0.717, 1.165) is 30.5 Å². The Morgan fingerprint density at radius 1 is 0.905 bits per heavy atom. The van der Waals surface area contributed by atoms with Gasteiger partial charge in [-0.1, -0.05) is 48.5 Å². The molecule has 0 spiro atoms. The van der Waals surface area contributed by atoms with Gasteiger partial charge in [0.05, 0.1) is 0 Å². The second-order valence-electron chi connectivity index (χ2n) is 5.58. The predicted molar refractivity (Wildman–Crippen MR) is 86.8 cm³/mol. The van der Waals surface area contributed by atoms with Crippen LogP contribution in [0.25, 0.3) is 10.8 Å². The zero-order chi connectivity index (χ0) is 14.2. The van der Waals surface area contributed by atoms with E-state index in [2.05, 4.69) is 41.3 Å². The molecule has 0 radical (unpaired) electrons. The van der Waals surface area contributed by atoms with Crippen LogP contribution >= 0.6 is 0 Å². The number of hydrogen-bond donors (Lipinski definition) is 1. The van der Waals surface area contributed by atoms with Crippen molar-refractivity contribution in [3.63, 3.8) is 0 Å². The standard InChI is InChI=1S/C19H17NO/c21-19-10-9-14-5-1-3-7-16(14)17(19)13-20-12-11-15-6-2-4-8-18(15)20/h1-10,21H,11-13H2. The van der Waals surface area contributed by atoms with Crippen LogP contribution in [0.4, 0.5) is 5.69 Å². The smallest absolute Gasteiger partial charge is 0.121 e. The third-order valence-corrected chi connectivity index (χ3v) is 4.35. The second kappa shape index (κ2) is 4.81. The van der Waals surface area contributed by atoms with Crippen molar-refractivity contribution in [2.24, 2.45) is 0 Å². The Bertz CT molecular complexity index is 810. The first kappa shape index (κ1) is 12.3. The van der Waals surface area contributed by atoms with Crippen molar-refractivity contribution in [2.45, 2.75) is 13.0 Å². The van der Waals surface area contributed by atoms with Gasteiger partial charge < -0.3 is 10.0 Å². The molecule has 1 heterocycles. The first-order valence-electron chi connectivity index (χ1n) is 7.35. The van der Waals surface area contributed by atoms with Crippen molar-refractivity contribution in [1.29, 1.82) is 0 Å². The van der Waals surface area contributed by atoms with Crippen molar-refractivity contribution >= 4 is 16.5 Å². The molecule has 104 valence electrons. The molecule has 0 aromatic heterocycles. The number of phenolic OH excluding ortho intramolecular Hbond substituents is 1. The van der Waals surface area contributed by atoms with Crippen LogP contribution in [0.3, 0.4) is 0 Å². The molecule has 0 fully saturated rings. The number of anilines is 1. The molecule has 1 aliphatic rings. The van der Waals surface area contributed by atoms with Crippen LogP contribution in [0.2, 0.25) is 0 Å². The first-order valence-corrected chi connectivity index (χ1v) is 7.35. The summed E-state index contributed by atoms with van der Waals surface area (Å²) >= 11 is 0. The molecule has 0 bridgehead atoms. The van der Waals surface area contributed by atoms with E-state index in [-0.39, 0.29) is 0 Å². The van der Waals surface area contributed by atoms with Crippen molar-refractivity contribution in [3.05, 3.63) is 71.8 Å². The quantitative estimate of drug-likeness (QED) is 0.761. The summed E-state index contributed by atoms with van der Waals surface area (Å²) in [6.45, 7) is 1.77. The second-order valence-corrected chi connectivity index (χ2v) is 5.58. The van der Waals surface area contributed by atoms with Crippen LogP contribution in [-0.2, 0) is 13.0 Å². The van der Waals surface area contributed by atoms with Gasteiger partial charge in [0.2, 0.25) is 0 Å². The van der Waals surface area contributed by atoms with E-state index in [1.807, 2.05) is 18.2 Å². The summed E-state index contributed by atoms with van der Waals surface area (Å²) in [6.07, 6.45) is 1.09. The SMILES string of the molecule is Oc1ccc2ccccc2c1CN1CCc2ccccc21. The summed E-state index contributed by atoms with van der Waals surface area (Å²) in [5, 5.41) is 12.6. The molecule has 0 unspecified atom stereocenters. The van der Waals surface area contributed by atoms with E-state index < -0.39 is 0 Å². The van der Waals surface area contributed by atoms with Gasteiger partial charge in [-0.05, 0) is 34.9 Å². The monoisotopic (exact) mass is 275 g/mol. The molecule has 3 aromatic rings. The van der Waals surface area contributed by atoms with Crippen LogP contribution in [0.1, 0.15) is 11.1 Å². The van der Waals surface area contributed by atoms with Crippen molar-refractivity contribution < 1.29 is 5.11 Å². The largest absolute Gasteiger partial charge is 0.508 e. The maximum atomic E-state index is 10.3. The van der Waals surface area contributed by atoms with E-state index in [1.54, 1.807) is 6.07 Å². The maximum absolute atomic E-state index is 10.3. The third-order valence-electron chi connectivity index (χ3n) is 4.35. The van der Waals surface area contributed by atoms with E-state index in [0.29, 0.717) is 5.75 Å². The molecule has 3 aromatic carbocycles. The Kier molecular flexibility index (Phi) is 2.81. The molecule has 1 N–H and O–H groups in total. The predicted octanol–water partition coefficient (Wildman–Crippen LogP) is 4.11. The van der Waals surface area contributed by atoms with Crippen molar-refractivity contribution in [1.82, 2.24) is 0 Å². The highest BCUT2D eigenvalue weighted by molar-refractivity contribution is 5.88. The highest BCUT2D eigenvalue weighted by Gasteiger charge is 2.20. The fourth-order valence-electron chi connectivity index (χ4n) is 3.25. The van der Waals surface area contributed by atoms with Gasteiger partial charge in [0, 0.05) is 24.3 Å². The van der Waals surface area contributed by atoms with Gasteiger partial charge in [-0.25, -0.2) is 0 Å². The number of nitrogens with zero attached hydrogens (tertiary/aromatic N) is 1. The van der Waals surface area contributed by atoms with Crippen LogP contribution < -0.4 is 4.90 Å². The van der Waals surface area contributed by atoms with Gasteiger partial charge in [0.1, 0.15) is 5.75 Å². The molecule has 1 aliphatic heterocycles. The lowest BCUT2D eigenvalue weighted by molar-refractivity contribution is 0.468. The summed E-state index contributed by atoms with van der Waals surface area (Å²) in [5.41, 5.74) is 3.71. The number of para-hydroxylation sites is 1. The summed E-state index contributed by atoms with van der Waals surface area (Å²) in [7, 11) is 0. The molecule has 0 amide bonds. The lowest BCUT2D eigenvalue weighted by Gasteiger charge is -2.21. The summed E-state index contributed by atoms with van der Waals surface area (Å²) < 4.78 is 0. The van der Waals surface area contributed by atoms with E-state index in [1.165, 1.54) is 16.6 Å². The highest BCUT2D eigenvalue weighted by atomic mass is 16.3. The minimum absolute atomic E-state index is 0.387. The highest BCUT2D eigenvalue weighted by Crippen LogP contribution is 2.33. The molecular formula is C19H17NO. The topological polar surface area (TPSA) is 23.5 Å². The normalized spacial score (nSPS) is 13.6. The zero-order valence-electron chi connectivity index (χ0n) is 11.8. The van der Waals surface area contributed by atoms with Crippen LogP contribution in [0.15, 0.2) is 60.7 Å². The third kappa shape index (κ3) is 2.04. The van der Waals surface area contributed by atoms with Crippen LogP contribution in [0, 0.1) is 0 Å². The average Bonchev–Trinajstić information content (AvgIpc) is 2.93. The van der Waals surface area contributed by atoms with Gasteiger partial charge in [-0.2, -0.15) is 0 Å². The van der Waals surface area contributed by atoms with Crippen molar-refractivity contribution in [3.8, 4) is 5.75 Å². The number of hydrogen-bond acceptors (Lipinski definition) is 2. The Morgan fingerprint density at radius 2 is 1.71 bits per heavy atom. The molecule has 0 saturated heterocycles. The van der Waals surface area contributed by atoms with E-state index in [9.17, 15) is 5.11 Å². The maximum Gasteiger partial charge on any atom is 0.121 e. The summed E-state index contributed by atoms with van der Waals surface area (Å²) in [5.74, 6) is 0.387. The van der Waals surface area contributed by atoms with E-state index in [4.69, 9.17) is 0 Å². The molecule has 4 rings (SSSR count). The van der Waals surface area contributed by atoms with Gasteiger partial charge in [0.25, 0.3) is 0 Å². The molecule has 0 atom stereocenters. The fourth-order valence-corrected chi connectivity index (χ4v) is 3.25. The van der Waals surface area contributed by atoms with Crippen LogP contribution in [0.5, 0.6) is 5.75 Å². The van der Waals surface area contributed by atoms with Gasteiger partial charge in [-0.15, -0.1) is 0 Å². The average molecular weight is 275 g/mol. The number of phenols is 1. The molecule has 2 heteroatoms. The lowest BCUT2D eigenvalue weighted by Crippen LogP contribution is -2.19. The Hall–Kier alpha value is -2.48. The zero-order valence-corrected chi connectivity index (χ0v) is 11.8. The number of fused-ring (bicyclic) bond motifs is 2. The molecular weight excluding hydrogens is 258 g/mol. The minimum atomic E-state index is 0.387. The molecule has 0 saturated carbocycles. The molecule has 2 nitrogen and oxygen atoms in total. The number of aromatic hydroxyl groups is 1. The number of rotatable bonds is 2. The fraction of sp³-hybridized carbons (Fsp3) is 0.158. The number of benzene rings is 3.